The number of nitrogens with two attached hydrogens (primary N) is 1. The molecule has 3 N–H and O–H groups in total. The van der Waals surface area contributed by atoms with E-state index in [2.05, 4.69) is 5.32 Å². The van der Waals surface area contributed by atoms with E-state index in [4.69, 9.17) is 17.3 Å². The number of thiophene rings is 1. The lowest BCUT2D eigenvalue weighted by molar-refractivity contribution is -0.113. The highest BCUT2D eigenvalue weighted by Gasteiger charge is 2.20. The van der Waals surface area contributed by atoms with Crippen molar-refractivity contribution >= 4 is 50.1 Å². The molecule has 0 aliphatic carbocycles. The number of hydrogen-bond donors (Lipinski definition) is 2. The number of rotatable bonds is 4. The van der Waals surface area contributed by atoms with Crippen LogP contribution in [0.4, 0.5) is 11.4 Å². The number of carbonyl (C=O) groups excluding carboxylic acids is 1. The van der Waals surface area contributed by atoms with Crippen LogP contribution >= 0.6 is 22.9 Å². The molecule has 2 aromatic rings. The Hall–Kier alpha value is -1.57. The molecule has 0 atom stereocenters. The average molecular weight is 331 g/mol. The number of sulfone groups is 1. The minimum atomic E-state index is -3.63. The predicted molar refractivity (Wildman–Crippen MR) is 80.9 cm³/mol. The molecule has 0 saturated carbocycles. The zero-order chi connectivity index (χ0) is 14.8. The molecule has 8 heteroatoms. The van der Waals surface area contributed by atoms with Crippen molar-refractivity contribution in [3.05, 3.63) is 40.7 Å². The van der Waals surface area contributed by atoms with Gasteiger partial charge in [0.25, 0.3) is 0 Å². The Labute approximate surface area is 125 Å². The van der Waals surface area contributed by atoms with E-state index in [-0.39, 0.29) is 4.21 Å². The molecule has 0 bridgehead atoms. The van der Waals surface area contributed by atoms with Crippen molar-refractivity contribution in [2.75, 3.05) is 16.8 Å². The molecule has 1 amide bonds. The van der Waals surface area contributed by atoms with Crippen LogP contribution in [0.25, 0.3) is 0 Å². The molecule has 20 heavy (non-hydrogen) atoms. The van der Waals surface area contributed by atoms with E-state index in [9.17, 15) is 13.2 Å². The van der Waals surface area contributed by atoms with Crippen molar-refractivity contribution in [3.63, 3.8) is 0 Å². The molecule has 0 radical (unpaired) electrons. The summed E-state index contributed by atoms with van der Waals surface area (Å²) in [6.45, 7) is 0. The second kappa shape index (κ2) is 5.82. The molecule has 0 aliphatic heterocycles. The summed E-state index contributed by atoms with van der Waals surface area (Å²) in [5, 5.41) is 4.48. The normalized spacial score (nSPS) is 11.2. The van der Waals surface area contributed by atoms with E-state index in [1.807, 2.05) is 0 Å². The van der Waals surface area contributed by atoms with Gasteiger partial charge in [-0.25, -0.2) is 8.42 Å². The molecule has 2 rings (SSSR count). The first-order valence-corrected chi connectivity index (χ1v) is 8.40. The fraction of sp³-hybridized carbons (Fsp3) is 0.0833. The summed E-state index contributed by atoms with van der Waals surface area (Å²) in [7, 11) is -3.63. The SMILES string of the molecule is Nc1ccc(Cl)cc1NC(=O)CS(=O)(=O)c1cccs1. The number of halogens is 1. The van der Waals surface area contributed by atoms with Gasteiger partial charge in [-0.2, -0.15) is 0 Å². The Morgan fingerprint density at radius 2 is 2.10 bits per heavy atom. The predicted octanol–water partition coefficient (Wildman–Crippen LogP) is 2.40. The molecule has 0 fully saturated rings. The average Bonchev–Trinajstić information content (AvgIpc) is 2.87. The number of nitrogens with one attached hydrogen (secondary N) is 1. The van der Waals surface area contributed by atoms with E-state index >= 15 is 0 Å². The van der Waals surface area contributed by atoms with Crippen molar-refractivity contribution in [2.24, 2.45) is 0 Å². The van der Waals surface area contributed by atoms with Crippen LogP contribution in [-0.2, 0) is 14.6 Å². The van der Waals surface area contributed by atoms with Gasteiger partial charge < -0.3 is 11.1 Å². The number of amides is 1. The topological polar surface area (TPSA) is 89.3 Å². The van der Waals surface area contributed by atoms with Gasteiger partial charge in [-0.1, -0.05) is 17.7 Å². The number of hydrogen-bond acceptors (Lipinski definition) is 5. The second-order valence-electron chi connectivity index (χ2n) is 3.97. The maximum absolute atomic E-state index is 11.9. The zero-order valence-corrected chi connectivity index (χ0v) is 12.6. The van der Waals surface area contributed by atoms with Crippen LogP contribution in [0.3, 0.4) is 0 Å². The van der Waals surface area contributed by atoms with Gasteiger partial charge in [0.05, 0.1) is 11.4 Å². The summed E-state index contributed by atoms with van der Waals surface area (Å²) in [5.41, 5.74) is 6.29. The van der Waals surface area contributed by atoms with Crippen molar-refractivity contribution in [2.45, 2.75) is 4.21 Å². The van der Waals surface area contributed by atoms with Crippen molar-refractivity contribution < 1.29 is 13.2 Å². The van der Waals surface area contributed by atoms with Crippen LogP contribution in [-0.4, -0.2) is 20.1 Å². The van der Waals surface area contributed by atoms with Crippen molar-refractivity contribution in [3.8, 4) is 0 Å². The maximum atomic E-state index is 11.9. The molecule has 1 aromatic heterocycles. The summed E-state index contributed by atoms with van der Waals surface area (Å²) in [6, 6.07) is 7.65. The molecule has 106 valence electrons. The molecule has 1 aromatic carbocycles. The van der Waals surface area contributed by atoms with Crippen molar-refractivity contribution in [1.82, 2.24) is 0 Å². The van der Waals surface area contributed by atoms with E-state index in [1.54, 1.807) is 17.5 Å². The summed E-state index contributed by atoms with van der Waals surface area (Å²) in [4.78, 5) is 11.8. The lowest BCUT2D eigenvalue weighted by Crippen LogP contribution is -2.23. The highest BCUT2D eigenvalue weighted by atomic mass is 35.5. The van der Waals surface area contributed by atoms with Gasteiger partial charge in [0, 0.05) is 5.02 Å². The van der Waals surface area contributed by atoms with Crippen LogP contribution in [0.5, 0.6) is 0 Å². The first-order valence-electron chi connectivity index (χ1n) is 5.49. The molecule has 0 saturated heterocycles. The van der Waals surface area contributed by atoms with Crippen LogP contribution in [0.15, 0.2) is 39.9 Å². The monoisotopic (exact) mass is 330 g/mol. The largest absolute Gasteiger partial charge is 0.397 e. The molecular formula is C12H11ClN2O3S2. The van der Waals surface area contributed by atoms with Gasteiger partial charge >= 0.3 is 0 Å². The van der Waals surface area contributed by atoms with E-state index < -0.39 is 21.5 Å². The van der Waals surface area contributed by atoms with E-state index in [0.717, 1.165) is 11.3 Å². The Morgan fingerprint density at radius 1 is 1.35 bits per heavy atom. The van der Waals surface area contributed by atoms with Crippen LogP contribution < -0.4 is 11.1 Å². The van der Waals surface area contributed by atoms with Gasteiger partial charge in [0.15, 0.2) is 9.84 Å². The molecule has 0 unspecified atom stereocenters. The third-order valence-electron chi connectivity index (χ3n) is 2.41. The first-order chi connectivity index (χ1) is 9.38. The molecule has 1 heterocycles. The van der Waals surface area contributed by atoms with Crippen LogP contribution in [0, 0.1) is 0 Å². The highest BCUT2D eigenvalue weighted by molar-refractivity contribution is 7.94. The van der Waals surface area contributed by atoms with Gasteiger partial charge in [-0.15, -0.1) is 11.3 Å². The van der Waals surface area contributed by atoms with Crippen LogP contribution in [0.2, 0.25) is 5.02 Å². The van der Waals surface area contributed by atoms with Crippen molar-refractivity contribution in [1.29, 1.82) is 0 Å². The first kappa shape index (κ1) is 14.8. The fourth-order valence-corrected chi connectivity index (χ4v) is 3.90. The van der Waals surface area contributed by atoms with E-state index in [0.29, 0.717) is 16.4 Å². The zero-order valence-electron chi connectivity index (χ0n) is 10.2. The number of anilines is 2. The Balaban J connectivity index is 2.12. The summed E-state index contributed by atoms with van der Waals surface area (Å²) >= 11 is 6.86. The number of nitrogen functional groups attached to an aromatic ring is 1. The lowest BCUT2D eigenvalue weighted by Gasteiger charge is -2.08. The van der Waals surface area contributed by atoms with Gasteiger partial charge in [0.2, 0.25) is 5.91 Å². The third-order valence-corrected chi connectivity index (χ3v) is 5.75. The van der Waals surface area contributed by atoms with Gasteiger partial charge in [-0.3, -0.25) is 4.79 Å². The van der Waals surface area contributed by atoms with E-state index in [1.165, 1.54) is 18.2 Å². The van der Waals surface area contributed by atoms with Gasteiger partial charge in [-0.05, 0) is 29.6 Å². The minimum absolute atomic E-state index is 0.159. The second-order valence-corrected chi connectivity index (χ2v) is 7.57. The number of carbonyl (C=O) groups is 1. The third kappa shape index (κ3) is 3.50. The maximum Gasteiger partial charge on any atom is 0.240 e. The lowest BCUT2D eigenvalue weighted by atomic mass is 10.2. The smallest absolute Gasteiger partial charge is 0.240 e. The summed E-state index contributed by atoms with van der Waals surface area (Å²) in [5.74, 6) is -1.30. The highest BCUT2D eigenvalue weighted by Crippen LogP contribution is 2.23. The Kier molecular flexibility index (Phi) is 4.32. The number of benzene rings is 1. The van der Waals surface area contributed by atoms with Gasteiger partial charge in [0.1, 0.15) is 9.96 Å². The summed E-state index contributed by atoms with van der Waals surface area (Å²) < 4.78 is 24.0. The fourth-order valence-electron chi connectivity index (χ4n) is 1.51. The standard InChI is InChI=1S/C12H11ClN2O3S2/c13-8-3-4-9(14)10(6-8)15-11(16)7-20(17,18)12-2-1-5-19-12/h1-6H,7,14H2,(H,15,16). The quantitative estimate of drug-likeness (QED) is 0.842. The molecule has 5 nitrogen and oxygen atoms in total. The minimum Gasteiger partial charge on any atom is -0.397 e. The Bertz CT molecular complexity index is 727. The molecule has 0 aliphatic rings. The van der Waals surface area contributed by atoms with Crippen LogP contribution in [0.1, 0.15) is 0 Å². The summed E-state index contributed by atoms with van der Waals surface area (Å²) in [6.07, 6.45) is 0. The molecular weight excluding hydrogens is 320 g/mol. The molecule has 0 spiro atoms. The Morgan fingerprint density at radius 3 is 2.75 bits per heavy atom.